The van der Waals surface area contributed by atoms with E-state index < -0.39 is 5.82 Å². The van der Waals surface area contributed by atoms with E-state index in [0.717, 1.165) is 17.8 Å². The fraction of sp³-hybridized carbons (Fsp3) is 0.520. The number of nitrogens with zero attached hydrogens (tertiary/aromatic N) is 2. The fourth-order valence-corrected chi connectivity index (χ4v) is 7.38. The van der Waals surface area contributed by atoms with E-state index in [1.807, 2.05) is 0 Å². The van der Waals surface area contributed by atoms with Crippen LogP contribution in [0.2, 0.25) is 0 Å². The van der Waals surface area contributed by atoms with Crippen molar-refractivity contribution in [2.24, 2.45) is 23.2 Å². The molecule has 4 saturated carbocycles. The summed E-state index contributed by atoms with van der Waals surface area (Å²) in [6.07, 6.45) is 9.52. The summed E-state index contributed by atoms with van der Waals surface area (Å²) in [6, 6.07) is 7.99. The van der Waals surface area contributed by atoms with Gasteiger partial charge < -0.3 is 9.72 Å². The van der Waals surface area contributed by atoms with Crippen molar-refractivity contribution in [2.45, 2.75) is 58.0 Å². The van der Waals surface area contributed by atoms with Crippen LogP contribution in [0.3, 0.4) is 0 Å². The highest BCUT2D eigenvalue weighted by Gasteiger charge is 2.53. The minimum atomic E-state index is -0.422. The van der Waals surface area contributed by atoms with Crippen molar-refractivity contribution in [3.8, 4) is 0 Å². The molecule has 5 nitrogen and oxygen atoms in total. The van der Waals surface area contributed by atoms with Gasteiger partial charge in [-0.05, 0) is 98.9 Å². The Labute approximate surface area is 180 Å². The zero-order chi connectivity index (χ0) is 21.3. The predicted molar refractivity (Wildman–Crippen MR) is 117 cm³/mol. The highest BCUT2D eigenvalue weighted by atomic mass is 19.1. The standard InChI is InChI=1S/C25H28FN3O2/c1-15(25-11-16-7-17(12-25)9-18(8-16)13-25)27-23(30)14-29-22-10-19(26)4-5-20(22)28-6-2-3-21(28)24(29)31/h2-6,10,15-18H,7-9,11-14H2,1H3,(H,27,30). The van der Waals surface area contributed by atoms with Gasteiger partial charge in [0, 0.05) is 12.2 Å². The first-order chi connectivity index (χ1) is 14.9. The highest BCUT2D eigenvalue weighted by molar-refractivity contribution is 5.82. The van der Waals surface area contributed by atoms with Crippen LogP contribution in [-0.2, 0) is 11.3 Å². The molecule has 1 N–H and O–H groups in total. The Morgan fingerprint density at radius 1 is 1.10 bits per heavy atom. The summed E-state index contributed by atoms with van der Waals surface area (Å²) in [5, 5.41) is 3.23. The van der Waals surface area contributed by atoms with E-state index in [1.54, 1.807) is 28.8 Å². The topological polar surface area (TPSA) is 55.5 Å². The molecular formula is C25H28FN3O2. The van der Waals surface area contributed by atoms with E-state index in [-0.39, 0.29) is 29.5 Å². The molecule has 4 aliphatic carbocycles. The van der Waals surface area contributed by atoms with Crippen molar-refractivity contribution in [1.29, 1.82) is 0 Å². The maximum absolute atomic E-state index is 14.0. The average molecular weight is 422 g/mol. The van der Waals surface area contributed by atoms with Gasteiger partial charge in [0.05, 0.1) is 11.0 Å². The molecule has 1 amide bonds. The maximum Gasteiger partial charge on any atom is 0.275 e. The molecule has 6 heteroatoms. The first-order valence-corrected chi connectivity index (χ1v) is 11.5. The van der Waals surface area contributed by atoms with Gasteiger partial charge in [0.25, 0.3) is 5.56 Å². The molecule has 0 saturated heterocycles. The third kappa shape index (κ3) is 2.94. The Kier molecular flexibility index (Phi) is 4.11. The van der Waals surface area contributed by atoms with Crippen LogP contribution in [0.15, 0.2) is 41.3 Å². The molecule has 2 aromatic heterocycles. The summed E-state index contributed by atoms with van der Waals surface area (Å²) in [5.41, 5.74) is 1.56. The molecule has 0 radical (unpaired) electrons. The van der Waals surface area contributed by atoms with Crippen LogP contribution in [0.5, 0.6) is 0 Å². The van der Waals surface area contributed by atoms with Gasteiger partial charge in [0.15, 0.2) is 0 Å². The quantitative estimate of drug-likeness (QED) is 0.689. The first kappa shape index (κ1) is 19.1. The van der Waals surface area contributed by atoms with Gasteiger partial charge in [-0.2, -0.15) is 0 Å². The summed E-state index contributed by atoms with van der Waals surface area (Å²) in [6.45, 7) is 2.04. The van der Waals surface area contributed by atoms with Crippen LogP contribution in [0, 0.1) is 29.0 Å². The summed E-state index contributed by atoms with van der Waals surface area (Å²) >= 11 is 0. The number of hydrogen-bond donors (Lipinski definition) is 1. The molecule has 1 unspecified atom stereocenters. The monoisotopic (exact) mass is 421 g/mol. The fourth-order valence-electron chi connectivity index (χ4n) is 7.38. The molecular weight excluding hydrogens is 393 g/mol. The smallest absolute Gasteiger partial charge is 0.275 e. The summed E-state index contributed by atoms with van der Waals surface area (Å²) in [7, 11) is 0. The molecule has 4 fully saturated rings. The average Bonchev–Trinajstić information content (AvgIpc) is 3.20. The van der Waals surface area contributed by atoms with Gasteiger partial charge in [-0.25, -0.2) is 4.39 Å². The molecule has 3 aromatic rings. The second kappa shape index (κ2) is 6.68. The molecule has 1 aromatic carbocycles. The Balaban J connectivity index is 1.30. The van der Waals surface area contributed by atoms with Crippen molar-refractivity contribution in [2.75, 3.05) is 0 Å². The first-order valence-electron chi connectivity index (χ1n) is 11.5. The van der Waals surface area contributed by atoms with Gasteiger partial charge in [0.1, 0.15) is 17.9 Å². The van der Waals surface area contributed by atoms with Crippen LogP contribution in [0.4, 0.5) is 4.39 Å². The normalized spacial score (nSPS) is 30.2. The number of amides is 1. The molecule has 162 valence electrons. The Morgan fingerprint density at radius 2 is 1.77 bits per heavy atom. The molecule has 1 atom stereocenters. The van der Waals surface area contributed by atoms with Gasteiger partial charge >= 0.3 is 0 Å². The maximum atomic E-state index is 14.0. The zero-order valence-electron chi connectivity index (χ0n) is 17.8. The second-order valence-corrected chi connectivity index (χ2v) is 10.4. The largest absolute Gasteiger partial charge is 0.352 e. The summed E-state index contributed by atoms with van der Waals surface area (Å²) in [5.74, 6) is 1.85. The van der Waals surface area contributed by atoms with E-state index in [0.29, 0.717) is 16.6 Å². The Hall–Kier alpha value is -2.63. The van der Waals surface area contributed by atoms with E-state index in [1.165, 1.54) is 55.2 Å². The van der Waals surface area contributed by atoms with Crippen LogP contribution >= 0.6 is 0 Å². The molecule has 7 rings (SSSR count). The number of carbonyl (C=O) groups excluding carboxylic acids is 1. The lowest BCUT2D eigenvalue weighted by molar-refractivity contribution is -0.126. The molecule has 4 aliphatic rings. The zero-order valence-corrected chi connectivity index (χ0v) is 17.8. The minimum Gasteiger partial charge on any atom is -0.352 e. The lowest BCUT2D eigenvalue weighted by Crippen LogP contribution is -2.56. The summed E-state index contributed by atoms with van der Waals surface area (Å²) < 4.78 is 17.2. The van der Waals surface area contributed by atoms with Gasteiger partial charge in [-0.15, -0.1) is 0 Å². The van der Waals surface area contributed by atoms with E-state index >= 15 is 0 Å². The van der Waals surface area contributed by atoms with Crippen molar-refractivity contribution < 1.29 is 9.18 Å². The predicted octanol–water partition coefficient (Wildman–Crippen LogP) is 4.11. The third-order valence-electron chi connectivity index (χ3n) is 8.38. The molecule has 4 bridgehead atoms. The van der Waals surface area contributed by atoms with Crippen LogP contribution < -0.4 is 10.9 Å². The van der Waals surface area contributed by atoms with Crippen molar-refractivity contribution in [1.82, 2.24) is 14.3 Å². The molecule has 0 aliphatic heterocycles. The van der Waals surface area contributed by atoms with Crippen LogP contribution in [0.25, 0.3) is 16.6 Å². The molecule has 2 heterocycles. The second-order valence-electron chi connectivity index (χ2n) is 10.4. The minimum absolute atomic E-state index is 0.0872. The Bertz CT molecular complexity index is 1220. The lowest BCUT2D eigenvalue weighted by atomic mass is 9.48. The Morgan fingerprint density at radius 3 is 2.45 bits per heavy atom. The third-order valence-corrected chi connectivity index (χ3v) is 8.38. The van der Waals surface area contributed by atoms with Crippen LogP contribution in [0.1, 0.15) is 45.4 Å². The number of benzene rings is 1. The number of hydrogen-bond acceptors (Lipinski definition) is 2. The van der Waals surface area contributed by atoms with Gasteiger partial charge in [0.2, 0.25) is 5.91 Å². The number of carbonyl (C=O) groups is 1. The van der Waals surface area contributed by atoms with E-state index in [4.69, 9.17) is 0 Å². The lowest BCUT2D eigenvalue weighted by Gasteiger charge is -2.59. The van der Waals surface area contributed by atoms with Crippen molar-refractivity contribution in [3.63, 3.8) is 0 Å². The van der Waals surface area contributed by atoms with Crippen LogP contribution in [-0.4, -0.2) is 20.9 Å². The van der Waals surface area contributed by atoms with E-state index in [9.17, 15) is 14.0 Å². The SMILES string of the molecule is CC(NC(=O)Cn1c(=O)c2cccn2c2ccc(F)cc21)C12CC3CC(CC(C3)C1)C2. The number of fused-ring (bicyclic) bond motifs is 3. The van der Waals surface area contributed by atoms with E-state index in [2.05, 4.69) is 12.2 Å². The number of rotatable bonds is 4. The number of nitrogens with one attached hydrogen (secondary N) is 1. The van der Waals surface area contributed by atoms with Crippen molar-refractivity contribution >= 4 is 22.5 Å². The van der Waals surface area contributed by atoms with Crippen molar-refractivity contribution in [3.05, 3.63) is 52.7 Å². The highest BCUT2D eigenvalue weighted by Crippen LogP contribution is 2.61. The number of aromatic nitrogens is 2. The molecule has 0 spiro atoms. The summed E-state index contributed by atoms with van der Waals surface area (Å²) in [4.78, 5) is 26.2. The molecule has 31 heavy (non-hydrogen) atoms. The van der Waals surface area contributed by atoms with Gasteiger partial charge in [-0.1, -0.05) is 0 Å². The number of halogens is 1. The van der Waals surface area contributed by atoms with Gasteiger partial charge in [-0.3, -0.25) is 14.2 Å².